The van der Waals surface area contributed by atoms with Gasteiger partial charge in [0, 0.05) is 24.4 Å². The molecule has 0 aliphatic heterocycles. The van der Waals surface area contributed by atoms with Gasteiger partial charge in [-0.15, -0.1) is 0 Å². The minimum absolute atomic E-state index is 0.193. The molecule has 2 aromatic heterocycles. The van der Waals surface area contributed by atoms with Crippen molar-refractivity contribution in [3.63, 3.8) is 0 Å². The van der Waals surface area contributed by atoms with Crippen LogP contribution < -0.4 is 5.56 Å². The maximum absolute atomic E-state index is 12.7. The first-order valence-corrected chi connectivity index (χ1v) is 9.97. The summed E-state index contributed by atoms with van der Waals surface area (Å²) in [7, 11) is 1.68. The summed E-state index contributed by atoms with van der Waals surface area (Å²) < 4.78 is 1.87. The van der Waals surface area contributed by atoms with E-state index in [4.69, 9.17) is 0 Å². The van der Waals surface area contributed by atoms with Gasteiger partial charge in [0.1, 0.15) is 5.82 Å². The Morgan fingerprint density at radius 3 is 2.58 bits per heavy atom. The third-order valence-corrected chi connectivity index (χ3v) is 5.17. The van der Waals surface area contributed by atoms with Crippen molar-refractivity contribution >= 4 is 22.9 Å². The van der Waals surface area contributed by atoms with E-state index < -0.39 is 0 Å². The van der Waals surface area contributed by atoms with Crippen molar-refractivity contribution in [1.82, 2.24) is 24.6 Å². The Morgan fingerprint density at radius 2 is 1.81 bits per heavy atom. The number of fused-ring (bicyclic) bond motifs is 1. The standard InChI is InChI=1S/C24H23N5O2/c1-16-19(17(2)29(27-16)18-9-5-4-6-10-18)13-14-23(30)28(3)15-22-25-21-12-8-7-11-20(21)24(31)26-22/h4-14H,15H2,1-3H3,(H,25,26,31)/b14-13+. The van der Waals surface area contributed by atoms with Crippen molar-refractivity contribution in [3.05, 3.63) is 93.8 Å². The van der Waals surface area contributed by atoms with Crippen molar-refractivity contribution in [2.45, 2.75) is 20.4 Å². The molecule has 4 rings (SSSR count). The molecule has 0 saturated heterocycles. The number of aromatic amines is 1. The predicted octanol–water partition coefficient (Wildman–Crippen LogP) is 3.40. The van der Waals surface area contributed by atoms with Gasteiger partial charge in [0.2, 0.25) is 5.91 Å². The van der Waals surface area contributed by atoms with Gasteiger partial charge in [-0.2, -0.15) is 5.10 Å². The molecule has 7 heteroatoms. The van der Waals surface area contributed by atoms with Gasteiger partial charge < -0.3 is 9.88 Å². The Hall–Kier alpha value is -4.00. The number of aryl methyl sites for hydroxylation is 1. The Morgan fingerprint density at radius 1 is 1.10 bits per heavy atom. The van der Waals surface area contributed by atoms with E-state index in [0.717, 1.165) is 22.6 Å². The molecule has 0 unspecified atom stereocenters. The van der Waals surface area contributed by atoms with Crippen molar-refractivity contribution in [3.8, 4) is 5.69 Å². The van der Waals surface area contributed by atoms with Crippen molar-refractivity contribution in [2.24, 2.45) is 0 Å². The normalized spacial score (nSPS) is 11.3. The zero-order valence-electron chi connectivity index (χ0n) is 17.7. The number of nitrogens with one attached hydrogen (secondary N) is 1. The lowest BCUT2D eigenvalue weighted by atomic mass is 10.2. The fourth-order valence-corrected chi connectivity index (χ4v) is 3.51. The SMILES string of the molecule is Cc1nn(-c2ccccc2)c(C)c1/C=C/C(=O)N(C)Cc1nc2ccccc2c(=O)[nH]1. The Kier molecular flexibility index (Phi) is 5.49. The number of aromatic nitrogens is 4. The number of rotatable bonds is 5. The average Bonchev–Trinajstić information content (AvgIpc) is 3.06. The Labute approximate surface area is 179 Å². The van der Waals surface area contributed by atoms with Gasteiger partial charge in [0.25, 0.3) is 5.56 Å². The van der Waals surface area contributed by atoms with Gasteiger partial charge >= 0.3 is 0 Å². The van der Waals surface area contributed by atoms with Crippen molar-refractivity contribution in [1.29, 1.82) is 0 Å². The maximum Gasteiger partial charge on any atom is 0.258 e. The molecule has 4 aromatic rings. The van der Waals surface area contributed by atoms with Gasteiger partial charge in [0.05, 0.1) is 28.8 Å². The van der Waals surface area contributed by atoms with E-state index in [1.54, 1.807) is 31.3 Å². The smallest absolute Gasteiger partial charge is 0.258 e. The van der Waals surface area contributed by atoms with Crippen LogP contribution in [0.5, 0.6) is 0 Å². The van der Waals surface area contributed by atoms with E-state index in [1.165, 1.54) is 11.0 Å². The first kappa shape index (κ1) is 20.3. The molecule has 156 valence electrons. The molecule has 2 heterocycles. The van der Waals surface area contributed by atoms with E-state index in [-0.39, 0.29) is 18.0 Å². The maximum atomic E-state index is 12.7. The van der Waals surface area contributed by atoms with Crippen LogP contribution in [0.2, 0.25) is 0 Å². The number of likely N-dealkylation sites (N-methyl/N-ethyl adjacent to an activating group) is 1. The summed E-state index contributed by atoms with van der Waals surface area (Å²) >= 11 is 0. The minimum atomic E-state index is -0.212. The van der Waals surface area contributed by atoms with Crippen LogP contribution in [-0.4, -0.2) is 37.6 Å². The molecule has 0 radical (unpaired) electrons. The summed E-state index contributed by atoms with van der Waals surface area (Å²) in [5.41, 5.74) is 4.07. The lowest BCUT2D eigenvalue weighted by Gasteiger charge is -2.14. The minimum Gasteiger partial charge on any atom is -0.335 e. The van der Waals surface area contributed by atoms with Gasteiger partial charge in [-0.3, -0.25) is 9.59 Å². The van der Waals surface area contributed by atoms with Crippen LogP contribution in [0, 0.1) is 13.8 Å². The van der Waals surface area contributed by atoms with Gasteiger partial charge in [-0.05, 0) is 44.2 Å². The summed E-state index contributed by atoms with van der Waals surface area (Å²) in [5.74, 6) is 0.249. The molecule has 31 heavy (non-hydrogen) atoms. The first-order valence-electron chi connectivity index (χ1n) is 9.97. The van der Waals surface area contributed by atoms with Gasteiger partial charge in [-0.25, -0.2) is 9.67 Å². The number of nitrogens with zero attached hydrogens (tertiary/aromatic N) is 4. The molecule has 0 spiro atoms. The molecule has 0 atom stereocenters. The number of hydrogen-bond donors (Lipinski definition) is 1. The van der Waals surface area contributed by atoms with Crippen LogP contribution in [0.25, 0.3) is 22.7 Å². The van der Waals surface area contributed by atoms with Crippen LogP contribution in [0.15, 0.2) is 65.5 Å². The summed E-state index contributed by atoms with van der Waals surface area (Å²) in [5, 5.41) is 5.13. The highest BCUT2D eigenvalue weighted by Crippen LogP contribution is 2.19. The molecule has 0 bridgehead atoms. The van der Waals surface area contributed by atoms with Crippen LogP contribution >= 0.6 is 0 Å². The lowest BCUT2D eigenvalue weighted by Crippen LogP contribution is -2.26. The predicted molar refractivity (Wildman–Crippen MR) is 121 cm³/mol. The van der Waals surface area contributed by atoms with E-state index in [0.29, 0.717) is 16.7 Å². The average molecular weight is 413 g/mol. The molecular formula is C24H23N5O2. The topological polar surface area (TPSA) is 83.9 Å². The second-order valence-electron chi connectivity index (χ2n) is 7.39. The lowest BCUT2D eigenvalue weighted by molar-refractivity contribution is -0.125. The fourth-order valence-electron chi connectivity index (χ4n) is 3.51. The third-order valence-electron chi connectivity index (χ3n) is 5.17. The quantitative estimate of drug-likeness (QED) is 0.508. The number of carbonyl (C=O) groups excluding carboxylic acids is 1. The molecule has 0 saturated carbocycles. The van der Waals surface area contributed by atoms with Gasteiger partial charge in [0.15, 0.2) is 0 Å². The zero-order chi connectivity index (χ0) is 22.0. The number of hydrogen-bond acceptors (Lipinski definition) is 4. The van der Waals surface area contributed by atoms with E-state index in [2.05, 4.69) is 15.1 Å². The van der Waals surface area contributed by atoms with Crippen LogP contribution in [0.3, 0.4) is 0 Å². The number of para-hydroxylation sites is 2. The van der Waals surface area contributed by atoms with E-state index in [9.17, 15) is 9.59 Å². The summed E-state index contributed by atoms with van der Waals surface area (Å²) in [6.07, 6.45) is 3.30. The van der Waals surface area contributed by atoms with Gasteiger partial charge in [-0.1, -0.05) is 30.3 Å². The third kappa shape index (κ3) is 4.16. The molecular weight excluding hydrogens is 390 g/mol. The molecule has 2 aromatic carbocycles. The van der Waals surface area contributed by atoms with E-state index >= 15 is 0 Å². The Bertz CT molecular complexity index is 1340. The number of carbonyl (C=O) groups is 1. The highest BCUT2D eigenvalue weighted by atomic mass is 16.2. The Balaban J connectivity index is 1.52. The van der Waals surface area contributed by atoms with Crippen LogP contribution in [0.1, 0.15) is 22.8 Å². The number of H-pyrrole nitrogens is 1. The van der Waals surface area contributed by atoms with Crippen molar-refractivity contribution < 1.29 is 4.79 Å². The van der Waals surface area contributed by atoms with Crippen LogP contribution in [-0.2, 0) is 11.3 Å². The summed E-state index contributed by atoms with van der Waals surface area (Å²) in [6.45, 7) is 4.10. The van der Waals surface area contributed by atoms with Crippen molar-refractivity contribution in [2.75, 3.05) is 7.05 Å². The largest absolute Gasteiger partial charge is 0.335 e. The molecule has 1 amide bonds. The second kappa shape index (κ2) is 8.39. The zero-order valence-corrected chi connectivity index (χ0v) is 17.7. The molecule has 1 N–H and O–H groups in total. The molecule has 7 nitrogen and oxygen atoms in total. The number of amides is 1. The molecule has 0 fully saturated rings. The molecule has 0 aliphatic carbocycles. The number of benzene rings is 2. The highest BCUT2D eigenvalue weighted by Gasteiger charge is 2.13. The molecule has 0 aliphatic rings. The van der Waals surface area contributed by atoms with E-state index in [1.807, 2.05) is 54.9 Å². The first-order chi connectivity index (χ1) is 14.9. The van der Waals surface area contributed by atoms with Crippen LogP contribution in [0.4, 0.5) is 0 Å². The second-order valence-corrected chi connectivity index (χ2v) is 7.39. The fraction of sp³-hybridized carbons (Fsp3) is 0.167. The monoisotopic (exact) mass is 413 g/mol. The summed E-state index contributed by atoms with van der Waals surface area (Å²) in [4.78, 5) is 33.6. The summed E-state index contributed by atoms with van der Waals surface area (Å²) in [6, 6.07) is 17.0. The highest BCUT2D eigenvalue weighted by molar-refractivity contribution is 5.92.